The van der Waals surface area contributed by atoms with Crippen molar-refractivity contribution in [3.63, 3.8) is 0 Å². The molecule has 0 radical (unpaired) electrons. The Labute approximate surface area is 210 Å². The second-order valence-corrected chi connectivity index (χ2v) is 10.3. The lowest BCUT2D eigenvalue weighted by molar-refractivity contribution is -0.159. The van der Waals surface area contributed by atoms with Crippen LogP contribution >= 0.6 is 7.82 Å². The lowest BCUT2D eigenvalue weighted by Crippen LogP contribution is -2.29. The van der Waals surface area contributed by atoms with E-state index in [2.05, 4.69) is 11.4 Å². The predicted molar refractivity (Wildman–Crippen MR) is 132 cm³/mol. The van der Waals surface area contributed by atoms with Gasteiger partial charge in [0.15, 0.2) is 6.10 Å². The van der Waals surface area contributed by atoms with Gasteiger partial charge in [0.1, 0.15) is 12.7 Å². The molecule has 11 heteroatoms. The molecule has 0 saturated carbocycles. The Hall–Kier alpha value is -1.03. The van der Waals surface area contributed by atoms with Gasteiger partial charge in [-0.15, -0.1) is 0 Å². The van der Waals surface area contributed by atoms with E-state index >= 15 is 0 Å². The summed E-state index contributed by atoms with van der Waals surface area (Å²) in [5.74, 6) is -1.12. The largest absolute Gasteiger partial charge is 0.472 e. The molecule has 10 nitrogen and oxygen atoms in total. The number of aliphatic hydroxyl groups excluding tert-OH is 2. The minimum absolute atomic E-state index is 0.242. The first kappa shape index (κ1) is 34.0. The minimum Gasteiger partial charge on any atom is -0.462 e. The highest BCUT2D eigenvalue weighted by Crippen LogP contribution is 2.43. The van der Waals surface area contributed by atoms with Gasteiger partial charge < -0.3 is 24.6 Å². The highest BCUT2D eigenvalue weighted by Gasteiger charge is 2.26. The van der Waals surface area contributed by atoms with Gasteiger partial charge in [0.25, 0.3) is 0 Å². The van der Waals surface area contributed by atoms with E-state index in [0.717, 1.165) is 26.2 Å². The van der Waals surface area contributed by atoms with Crippen molar-refractivity contribution in [3.05, 3.63) is 0 Å². The van der Waals surface area contributed by atoms with Gasteiger partial charge in [-0.05, 0) is 6.42 Å². The van der Waals surface area contributed by atoms with E-state index in [0.29, 0.717) is 6.42 Å². The van der Waals surface area contributed by atoms with Crippen molar-refractivity contribution in [2.75, 3.05) is 26.4 Å². The number of hydrogen-bond acceptors (Lipinski definition) is 9. The monoisotopic (exact) mass is 526 g/mol. The molecule has 3 N–H and O–H groups in total. The molecule has 0 amide bonds. The van der Waals surface area contributed by atoms with E-state index in [1.807, 2.05) is 0 Å². The summed E-state index contributed by atoms with van der Waals surface area (Å²) >= 11 is 0. The summed E-state index contributed by atoms with van der Waals surface area (Å²) < 4.78 is 31.1. The highest BCUT2D eigenvalue weighted by molar-refractivity contribution is 7.47. The first-order valence-corrected chi connectivity index (χ1v) is 14.4. The second kappa shape index (κ2) is 22.2. The van der Waals surface area contributed by atoms with Crippen molar-refractivity contribution in [1.29, 1.82) is 0 Å². The van der Waals surface area contributed by atoms with Gasteiger partial charge in [-0.25, -0.2) is 4.57 Å². The number of rotatable bonds is 24. The summed E-state index contributed by atoms with van der Waals surface area (Å²) in [5, 5.41) is 17.9. The van der Waals surface area contributed by atoms with Crippen LogP contribution in [0, 0.1) is 0 Å². The molecular weight excluding hydrogens is 479 g/mol. The van der Waals surface area contributed by atoms with E-state index in [-0.39, 0.29) is 13.0 Å². The Morgan fingerprint density at radius 3 is 1.77 bits per heavy atom. The van der Waals surface area contributed by atoms with Gasteiger partial charge in [-0.3, -0.25) is 18.6 Å². The Balaban J connectivity index is 3.91. The topological polar surface area (TPSA) is 149 Å². The van der Waals surface area contributed by atoms with Crippen molar-refractivity contribution in [2.45, 2.75) is 116 Å². The first-order chi connectivity index (χ1) is 16.7. The van der Waals surface area contributed by atoms with Gasteiger partial charge in [-0.2, -0.15) is 0 Å². The fourth-order valence-corrected chi connectivity index (χ4v) is 4.13. The molecule has 0 rings (SSSR count). The van der Waals surface area contributed by atoms with E-state index in [1.54, 1.807) is 0 Å². The maximum absolute atomic E-state index is 12.0. The third-order valence-corrected chi connectivity index (χ3v) is 6.26. The highest BCUT2D eigenvalue weighted by atomic mass is 31.2. The molecule has 0 spiro atoms. The molecule has 0 aromatic carbocycles. The number of phosphoric ester groups is 1. The normalized spacial score (nSPS) is 14.8. The molecule has 35 heavy (non-hydrogen) atoms. The Morgan fingerprint density at radius 2 is 1.29 bits per heavy atom. The summed E-state index contributed by atoms with van der Waals surface area (Å²) in [6.45, 7) is 1.25. The number of aliphatic hydroxyl groups is 2. The zero-order chi connectivity index (χ0) is 26.4. The van der Waals surface area contributed by atoms with Crippen molar-refractivity contribution in [2.24, 2.45) is 0 Å². The number of unbranched alkanes of at least 4 members (excludes halogenated alkanes) is 12. The average molecular weight is 527 g/mol. The molecule has 0 aliphatic rings. The number of esters is 2. The smallest absolute Gasteiger partial charge is 0.462 e. The zero-order valence-corrected chi connectivity index (χ0v) is 22.4. The van der Waals surface area contributed by atoms with E-state index in [4.69, 9.17) is 24.2 Å². The summed E-state index contributed by atoms with van der Waals surface area (Å²) in [4.78, 5) is 32.8. The molecule has 0 heterocycles. The summed E-state index contributed by atoms with van der Waals surface area (Å²) in [6, 6.07) is 0. The average Bonchev–Trinajstić information content (AvgIpc) is 2.82. The van der Waals surface area contributed by atoms with Gasteiger partial charge in [0, 0.05) is 13.3 Å². The molecule has 0 aliphatic carbocycles. The van der Waals surface area contributed by atoms with Crippen LogP contribution in [0.25, 0.3) is 0 Å². The molecule has 0 saturated heterocycles. The number of hydrogen-bond donors (Lipinski definition) is 3. The minimum atomic E-state index is -4.55. The van der Waals surface area contributed by atoms with Gasteiger partial charge in [-0.1, -0.05) is 84.0 Å². The van der Waals surface area contributed by atoms with Gasteiger partial charge in [0.2, 0.25) is 0 Å². The van der Waals surface area contributed by atoms with Crippen molar-refractivity contribution in [3.8, 4) is 0 Å². The maximum atomic E-state index is 12.0. The first-order valence-electron chi connectivity index (χ1n) is 12.9. The van der Waals surface area contributed by atoms with Crippen molar-refractivity contribution in [1.82, 2.24) is 0 Å². The Morgan fingerprint density at radius 1 is 0.800 bits per heavy atom. The summed E-state index contributed by atoms with van der Waals surface area (Å²) in [6.07, 6.45) is 13.5. The molecular formula is C24H47O10P. The third kappa shape index (κ3) is 23.1. The Kier molecular flexibility index (Phi) is 21.5. The number of carbonyl (C=O) groups is 2. The second-order valence-electron chi connectivity index (χ2n) is 8.80. The molecule has 0 bridgehead atoms. The molecule has 0 fully saturated rings. The third-order valence-electron chi connectivity index (χ3n) is 5.31. The number of ether oxygens (including phenoxy) is 2. The maximum Gasteiger partial charge on any atom is 0.472 e. The van der Waals surface area contributed by atoms with Crippen LogP contribution in [-0.2, 0) is 32.7 Å². The van der Waals surface area contributed by atoms with Crippen LogP contribution in [0.3, 0.4) is 0 Å². The number of phosphoric acid groups is 1. The number of carbonyl (C=O) groups excluding carboxylic acids is 2. The van der Waals surface area contributed by atoms with Crippen molar-refractivity contribution < 1.29 is 47.8 Å². The standard InChI is InChI=1S/C24H47O10P/c1-3-4-5-6-7-8-9-10-11-12-13-14-15-16-24(28)31-19-23(34-21(2)26)20-33-35(29,30)32-18-22(27)17-25/h22-23,25,27H,3-20H2,1-2H3,(H,29,30)/t22-,23+/m0/s1. The van der Waals surface area contributed by atoms with Gasteiger partial charge in [0.05, 0.1) is 19.8 Å². The van der Waals surface area contributed by atoms with Crippen LogP contribution in [0.4, 0.5) is 0 Å². The quantitative estimate of drug-likeness (QED) is 0.0936. The molecule has 3 atom stereocenters. The zero-order valence-electron chi connectivity index (χ0n) is 21.5. The van der Waals surface area contributed by atoms with E-state index < -0.39 is 51.8 Å². The lowest BCUT2D eigenvalue weighted by Gasteiger charge is -2.19. The molecule has 0 aromatic heterocycles. The van der Waals surface area contributed by atoms with Crippen LogP contribution in [-0.4, -0.2) is 65.7 Å². The molecule has 0 aliphatic heterocycles. The van der Waals surface area contributed by atoms with Crippen LogP contribution in [0.5, 0.6) is 0 Å². The van der Waals surface area contributed by atoms with Gasteiger partial charge >= 0.3 is 19.8 Å². The summed E-state index contributed by atoms with van der Waals surface area (Å²) in [5.41, 5.74) is 0. The van der Waals surface area contributed by atoms with E-state index in [9.17, 15) is 19.0 Å². The fraction of sp³-hybridized carbons (Fsp3) is 0.917. The molecule has 0 aromatic rings. The van der Waals surface area contributed by atoms with Crippen LogP contribution in [0.2, 0.25) is 0 Å². The van der Waals surface area contributed by atoms with Crippen LogP contribution < -0.4 is 0 Å². The molecule has 208 valence electrons. The fourth-order valence-electron chi connectivity index (χ4n) is 3.34. The van der Waals surface area contributed by atoms with Crippen LogP contribution in [0.15, 0.2) is 0 Å². The summed E-state index contributed by atoms with van der Waals surface area (Å²) in [7, 11) is -4.55. The van der Waals surface area contributed by atoms with Crippen molar-refractivity contribution >= 4 is 19.8 Å². The Bertz CT molecular complexity index is 587. The van der Waals surface area contributed by atoms with E-state index in [1.165, 1.54) is 57.8 Å². The molecule has 1 unspecified atom stereocenters. The SMILES string of the molecule is CCCCCCCCCCCCCCCC(=O)OC[C@H](COP(=O)(O)OC[C@@H](O)CO)OC(C)=O. The lowest BCUT2D eigenvalue weighted by atomic mass is 10.0. The van der Waals surface area contributed by atoms with Crippen LogP contribution in [0.1, 0.15) is 104 Å². The predicted octanol–water partition coefficient (Wildman–Crippen LogP) is 4.43.